The molecule has 1 atom stereocenters. The van der Waals surface area contributed by atoms with Crippen LogP contribution in [0.5, 0.6) is 5.75 Å². The van der Waals surface area contributed by atoms with Crippen molar-refractivity contribution in [1.82, 2.24) is 9.80 Å². The molecule has 0 aliphatic carbocycles. The Kier molecular flexibility index (Phi) is 8.52. The van der Waals surface area contributed by atoms with Gasteiger partial charge in [-0.15, -0.1) is 0 Å². The number of rotatable bonds is 2. The van der Waals surface area contributed by atoms with Gasteiger partial charge in [-0.3, -0.25) is 9.59 Å². The fourth-order valence-corrected chi connectivity index (χ4v) is 7.23. The van der Waals surface area contributed by atoms with Gasteiger partial charge in [-0.25, -0.2) is 0 Å². The minimum absolute atomic E-state index is 0.0266. The van der Waals surface area contributed by atoms with E-state index in [1.165, 1.54) is 24.1 Å². The van der Waals surface area contributed by atoms with E-state index >= 15 is 0 Å². The Bertz CT molecular complexity index is 1230. The summed E-state index contributed by atoms with van der Waals surface area (Å²) in [5.74, 6) is 0.851. The molecule has 7 nitrogen and oxygen atoms in total. The van der Waals surface area contributed by atoms with Crippen LogP contribution in [-0.2, 0) is 4.74 Å². The van der Waals surface area contributed by atoms with E-state index < -0.39 is 0 Å². The number of benzene rings is 2. The predicted molar refractivity (Wildman–Crippen MR) is 161 cm³/mol. The molecule has 0 bridgehead atoms. The number of anilines is 1. The van der Waals surface area contributed by atoms with Crippen LogP contribution >= 0.6 is 0 Å². The SMILES string of the molecule is Cc1ccc(C(=O)N2CCC3(CCCCOC[C@@H]4CCCN4C(=O)c4ccccc4OC3)CC2)cc1N1CCCC1. The summed E-state index contributed by atoms with van der Waals surface area (Å²) < 4.78 is 12.6. The van der Waals surface area contributed by atoms with Crippen LogP contribution in [0.25, 0.3) is 0 Å². The number of hydrogen-bond donors (Lipinski definition) is 0. The van der Waals surface area contributed by atoms with Crippen molar-refractivity contribution in [2.45, 2.75) is 70.8 Å². The zero-order chi connectivity index (χ0) is 28.2. The van der Waals surface area contributed by atoms with Crippen LogP contribution in [0.1, 0.15) is 84.1 Å². The van der Waals surface area contributed by atoms with Crippen molar-refractivity contribution in [3.05, 3.63) is 59.2 Å². The van der Waals surface area contributed by atoms with Crippen molar-refractivity contribution in [1.29, 1.82) is 0 Å². The fourth-order valence-electron chi connectivity index (χ4n) is 7.23. The number of amides is 2. The number of para-hydroxylation sites is 1. The summed E-state index contributed by atoms with van der Waals surface area (Å²) in [6.07, 6.45) is 9.36. The highest BCUT2D eigenvalue weighted by Crippen LogP contribution is 2.39. The van der Waals surface area contributed by atoms with E-state index in [0.717, 1.165) is 89.8 Å². The van der Waals surface area contributed by atoms with Gasteiger partial charge in [0.2, 0.25) is 0 Å². The van der Waals surface area contributed by atoms with E-state index in [1.807, 2.05) is 40.1 Å². The zero-order valence-electron chi connectivity index (χ0n) is 24.6. The van der Waals surface area contributed by atoms with E-state index in [9.17, 15) is 9.59 Å². The zero-order valence-corrected chi connectivity index (χ0v) is 24.6. The molecule has 4 aliphatic rings. The smallest absolute Gasteiger partial charge is 0.257 e. The maximum absolute atomic E-state index is 13.6. The molecule has 0 aromatic heterocycles. The van der Waals surface area contributed by atoms with Crippen LogP contribution in [0.3, 0.4) is 0 Å². The molecule has 7 heteroatoms. The topological polar surface area (TPSA) is 62.3 Å². The van der Waals surface area contributed by atoms with Gasteiger partial charge in [-0.1, -0.05) is 24.6 Å². The Morgan fingerprint density at radius 1 is 0.902 bits per heavy atom. The van der Waals surface area contributed by atoms with Gasteiger partial charge >= 0.3 is 0 Å². The molecule has 3 fully saturated rings. The number of piperidine rings is 1. The summed E-state index contributed by atoms with van der Waals surface area (Å²) in [6.45, 7) is 8.40. The molecular weight excluding hydrogens is 514 g/mol. The predicted octanol–water partition coefficient (Wildman–Crippen LogP) is 5.70. The summed E-state index contributed by atoms with van der Waals surface area (Å²) >= 11 is 0. The average molecular weight is 560 g/mol. The molecule has 4 aliphatic heterocycles. The van der Waals surface area contributed by atoms with Gasteiger partial charge in [0.1, 0.15) is 5.75 Å². The Morgan fingerprint density at radius 2 is 1.71 bits per heavy atom. The van der Waals surface area contributed by atoms with E-state index in [0.29, 0.717) is 24.5 Å². The molecule has 0 unspecified atom stereocenters. The second-order valence-electron chi connectivity index (χ2n) is 12.6. The van der Waals surface area contributed by atoms with E-state index in [1.54, 1.807) is 0 Å². The highest BCUT2D eigenvalue weighted by molar-refractivity contribution is 5.97. The molecule has 0 radical (unpaired) electrons. The first-order valence-electron chi connectivity index (χ1n) is 15.8. The van der Waals surface area contributed by atoms with Crippen molar-refractivity contribution in [3.8, 4) is 5.75 Å². The second-order valence-corrected chi connectivity index (χ2v) is 12.6. The summed E-state index contributed by atoms with van der Waals surface area (Å²) in [5.41, 5.74) is 3.85. The normalized spacial score (nSPS) is 23.6. The van der Waals surface area contributed by atoms with Gasteiger partial charge in [0.15, 0.2) is 0 Å². The van der Waals surface area contributed by atoms with Gasteiger partial charge in [0.25, 0.3) is 11.8 Å². The lowest BCUT2D eigenvalue weighted by atomic mass is 9.75. The minimum Gasteiger partial charge on any atom is -0.492 e. The fraction of sp³-hybridized carbons (Fsp3) is 0.588. The first-order chi connectivity index (χ1) is 20.0. The minimum atomic E-state index is -0.0266. The van der Waals surface area contributed by atoms with Crippen LogP contribution < -0.4 is 9.64 Å². The van der Waals surface area contributed by atoms with Gasteiger partial charge in [-0.2, -0.15) is 0 Å². The largest absolute Gasteiger partial charge is 0.492 e. The molecule has 2 aromatic rings. The maximum Gasteiger partial charge on any atom is 0.257 e. The number of ether oxygens (including phenoxy) is 2. The van der Waals surface area contributed by atoms with Crippen LogP contribution in [0.4, 0.5) is 5.69 Å². The molecule has 0 saturated carbocycles. The number of fused-ring (bicyclic) bond motifs is 2. The molecule has 2 aromatic carbocycles. The Balaban J connectivity index is 1.16. The third-order valence-corrected chi connectivity index (χ3v) is 9.86. The summed E-state index contributed by atoms with van der Waals surface area (Å²) in [4.78, 5) is 33.6. The van der Waals surface area contributed by atoms with E-state index in [-0.39, 0.29) is 23.3 Å². The van der Waals surface area contributed by atoms with E-state index in [2.05, 4.69) is 24.0 Å². The van der Waals surface area contributed by atoms with Crippen LogP contribution in [-0.4, -0.2) is 80.2 Å². The first kappa shape index (κ1) is 28.1. The van der Waals surface area contributed by atoms with Crippen molar-refractivity contribution in [2.24, 2.45) is 5.41 Å². The lowest BCUT2D eigenvalue weighted by molar-refractivity contribution is 0.0303. The molecular formula is C34H45N3O4. The van der Waals surface area contributed by atoms with E-state index in [4.69, 9.17) is 9.47 Å². The van der Waals surface area contributed by atoms with Crippen molar-refractivity contribution in [3.63, 3.8) is 0 Å². The number of nitrogens with zero attached hydrogens (tertiary/aromatic N) is 3. The summed E-state index contributed by atoms with van der Waals surface area (Å²) in [7, 11) is 0. The molecule has 220 valence electrons. The molecule has 4 heterocycles. The number of carbonyl (C=O) groups excluding carboxylic acids is 2. The number of hydrogen-bond acceptors (Lipinski definition) is 5. The van der Waals surface area contributed by atoms with Crippen molar-refractivity contribution < 1.29 is 19.1 Å². The molecule has 1 spiro atoms. The third kappa shape index (κ3) is 6.11. The lowest BCUT2D eigenvalue weighted by Crippen LogP contribution is -2.45. The monoisotopic (exact) mass is 559 g/mol. The first-order valence-corrected chi connectivity index (χ1v) is 15.8. The van der Waals surface area contributed by atoms with Crippen LogP contribution in [0.15, 0.2) is 42.5 Å². The summed E-state index contributed by atoms with van der Waals surface area (Å²) in [5, 5.41) is 0. The highest BCUT2D eigenvalue weighted by Gasteiger charge is 2.38. The molecule has 0 N–H and O–H groups in total. The Morgan fingerprint density at radius 3 is 2.54 bits per heavy atom. The molecule has 41 heavy (non-hydrogen) atoms. The Labute approximate surface area is 244 Å². The maximum atomic E-state index is 13.6. The molecule has 6 rings (SSSR count). The van der Waals surface area contributed by atoms with Crippen LogP contribution in [0.2, 0.25) is 0 Å². The Hall–Kier alpha value is -3.06. The molecule has 2 amide bonds. The van der Waals surface area contributed by atoms with Gasteiger partial charge in [0.05, 0.1) is 24.8 Å². The molecule has 3 saturated heterocycles. The highest BCUT2D eigenvalue weighted by atomic mass is 16.5. The quantitative estimate of drug-likeness (QED) is 0.472. The second kappa shape index (κ2) is 12.4. The number of carbonyl (C=O) groups is 2. The lowest BCUT2D eigenvalue weighted by Gasteiger charge is -2.42. The number of likely N-dealkylation sites (tertiary alicyclic amines) is 1. The van der Waals surface area contributed by atoms with Crippen molar-refractivity contribution >= 4 is 17.5 Å². The van der Waals surface area contributed by atoms with Gasteiger partial charge in [0, 0.05) is 56.0 Å². The standard InChI is InChI=1S/C34H45N3O4/c1-26-12-13-27(23-30(26)35-17-5-6-18-35)32(38)36-20-15-34(16-21-36)14-4-7-22-40-24-28-9-8-19-37(28)33(39)29-10-2-3-11-31(29)41-25-34/h2-3,10-13,23,28H,4-9,14-22,24-25H2,1H3/t28-/m0/s1. The van der Waals surface area contributed by atoms with Gasteiger partial charge in [-0.05, 0) is 88.1 Å². The van der Waals surface area contributed by atoms with Crippen LogP contribution in [0, 0.1) is 12.3 Å². The van der Waals surface area contributed by atoms with Crippen molar-refractivity contribution in [2.75, 3.05) is 57.4 Å². The third-order valence-electron chi connectivity index (χ3n) is 9.86. The number of aryl methyl sites for hydroxylation is 1. The summed E-state index contributed by atoms with van der Waals surface area (Å²) in [6, 6.07) is 14.0. The van der Waals surface area contributed by atoms with Gasteiger partial charge < -0.3 is 24.2 Å². The average Bonchev–Trinajstić information content (AvgIpc) is 3.71.